The molecule has 0 saturated heterocycles. The molecule has 29 heavy (non-hydrogen) atoms. The summed E-state index contributed by atoms with van der Waals surface area (Å²) < 4.78 is 5.65. The van der Waals surface area contributed by atoms with Crippen molar-refractivity contribution in [3.05, 3.63) is 65.2 Å². The van der Waals surface area contributed by atoms with Crippen LogP contribution >= 0.6 is 11.8 Å². The summed E-state index contributed by atoms with van der Waals surface area (Å²) >= 11 is 1.24. The van der Waals surface area contributed by atoms with Crippen LogP contribution in [0.3, 0.4) is 0 Å². The van der Waals surface area contributed by atoms with Gasteiger partial charge < -0.3 is 9.73 Å². The first kappa shape index (κ1) is 20.8. The molecule has 0 aliphatic rings. The number of Topliss-reactive ketones (excluding diaryl/α,β-unsaturated/α-hetero) is 1. The molecule has 150 valence electrons. The van der Waals surface area contributed by atoms with Gasteiger partial charge in [0.25, 0.3) is 5.22 Å². The van der Waals surface area contributed by atoms with Gasteiger partial charge in [-0.3, -0.25) is 9.59 Å². The van der Waals surface area contributed by atoms with Crippen molar-refractivity contribution in [2.75, 3.05) is 12.3 Å². The van der Waals surface area contributed by atoms with Crippen molar-refractivity contribution in [1.29, 1.82) is 0 Å². The fourth-order valence-corrected chi connectivity index (χ4v) is 3.36. The van der Waals surface area contributed by atoms with Gasteiger partial charge in [0.15, 0.2) is 5.78 Å². The number of rotatable bonds is 9. The molecule has 2 aromatic carbocycles. The van der Waals surface area contributed by atoms with Crippen molar-refractivity contribution in [2.24, 2.45) is 0 Å². The van der Waals surface area contributed by atoms with Gasteiger partial charge in [-0.1, -0.05) is 53.7 Å². The fourth-order valence-electron chi connectivity index (χ4n) is 2.71. The van der Waals surface area contributed by atoms with Crippen LogP contribution < -0.4 is 5.32 Å². The van der Waals surface area contributed by atoms with Crippen LogP contribution in [-0.2, 0) is 11.2 Å². The van der Waals surface area contributed by atoms with E-state index in [0.717, 1.165) is 29.5 Å². The van der Waals surface area contributed by atoms with Crippen molar-refractivity contribution in [1.82, 2.24) is 15.5 Å². The summed E-state index contributed by atoms with van der Waals surface area (Å²) in [6.07, 6.45) is 1.72. The molecule has 0 spiro atoms. The van der Waals surface area contributed by atoms with Gasteiger partial charge in [0.1, 0.15) is 0 Å². The second-order valence-electron chi connectivity index (χ2n) is 6.73. The van der Waals surface area contributed by atoms with Crippen LogP contribution in [0, 0.1) is 6.92 Å². The Morgan fingerprint density at radius 2 is 1.76 bits per heavy atom. The molecule has 7 heteroatoms. The van der Waals surface area contributed by atoms with Crippen molar-refractivity contribution in [3.63, 3.8) is 0 Å². The molecule has 1 heterocycles. The van der Waals surface area contributed by atoms with Gasteiger partial charge in [0.2, 0.25) is 11.8 Å². The number of hydrogen-bond donors (Lipinski definition) is 1. The third kappa shape index (κ3) is 6.29. The zero-order valence-electron chi connectivity index (χ0n) is 16.5. The van der Waals surface area contributed by atoms with Crippen LogP contribution in [0.25, 0.3) is 11.5 Å². The number of nitrogens with one attached hydrogen (secondary N) is 1. The van der Waals surface area contributed by atoms with E-state index in [4.69, 9.17) is 4.42 Å². The number of aromatic nitrogens is 2. The van der Waals surface area contributed by atoms with Crippen LogP contribution in [0.1, 0.15) is 34.8 Å². The summed E-state index contributed by atoms with van der Waals surface area (Å²) in [6.45, 7) is 4.18. The van der Waals surface area contributed by atoms with Crippen molar-refractivity contribution < 1.29 is 14.0 Å². The quantitative estimate of drug-likeness (QED) is 0.325. The summed E-state index contributed by atoms with van der Waals surface area (Å²) in [5.41, 5.74) is 3.81. The van der Waals surface area contributed by atoms with E-state index in [9.17, 15) is 9.59 Å². The maximum absolute atomic E-state index is 12.4. The summed E-state index contributed by atoms with van der Waals surface area (Å²) in [5, 5.41) is 11.2. The number of ketones is 1. The molecule has 0 radical (unpaired) electrons. The zero-order chi connectivity index (χ0) is 20.6. The van der Waals surface area contributed by atoms with Crippen LogP contribution in [0.5, 0.6) is 0 Å². The van der Waals surface area contributed by atoms with Gasteiger partial charge in [-0.15, -0.1) is 10.2 Å². The van der Waals surface area contributed by atoms with Gasteiger partial charge in [0.05, 0.1) is 5.75 Å². The van der Waals surface area contributed by atoms with Crippen LogP contribution in [0.2, 0.25) is 0 Å². The van der Waals surface area contributed by atoms with Crippen LogP contribution in [-0.4, -0.2) is 34.2 Å². The monoisotopic (exact) mass is 409 g/mol. The van der Waals surface area contributed by atoms with E-state index >= 15 is 0 Å². The molecule has 0 fully saturated rings. The number of carbonyl (C=O) groups is 2. The highest BCUT2D eigenvalue weighted by Gasteiger charge is 2.12. The normalized spacial score (nSPS) is 10.7. The molecule has 0 aliphatic heterocycles. The predicted molar refractivity (Wildman–Crippen MR) is 113 cm³/mol. The highest BCUT2D eigenvalue weighted by molar-refractivity contribution is 7.99. The smallest absolute Gasteiger partial charge is 0.277 e. The molecule has 3 aromatic rings. The third-order valence-electron chi connectivity index (χ3n) is 4.32. The molecular formula is C22H23N3O3S. The molecule has 0 unspecified atom stereocenters. The Balaban J connectivity index is 1.49. The molecule has 6 nitrogen and oxygen atoms in total. The maximum atomic E-state index is 12.4. The lowest BCUT2D eigenvalue weighted by molar-refractivity contribution is -0.118. The number of hydrogen-bond acceptors (Lipinski definition) is 6. The molecular weight excluding hydrogens is 386 g/mol. The minimum absolute atomic E-state index is 0.00915. The van der Waals surface area contributed by atoms with Crippen molar-refractivity contribution in [3.8, 4) is 11.5 Å². The average molecular weight is 410 g/mol. The second-order valence-corrected chi connectivity index (χ2v) is 7.66. The Morgan fingerprint density at radius 1 is 1.03 bits per heavy atom. The minimum atomic E-state index is -0.0179. The lowest BCUT2D eigenvalue weighted by Crippen LogP contribution is -2.21. The first-order chi connectivity index (χ1) is 14.0. The van der Waals surface area contributed by atoms with Crippen LogP contribution in [0.4, 0.5) is 0 Å². The molecule has 1 N–H and O–H groups in total. The van der Waals surface area contributed by atoms with E-state index < -0.39 is 0 Å². The minimum Gasteiger partial charge on any atom is -0.411 e. The number of nitrogens with zero attached hydrogens (tertiary/aromatic N) is 2. The van der Waals surface area contributed by atoms with E-state index in [0.29, 0.717) is 23.2 Å². The lowest BCUT2D eigenvalue weighted by Gasteiger charge is -2.04. The van der Waals surface area contributed by atoms with Crippen molar-refractivity contribution in [2.45, 2.75) is 31.9 Å². The number of benzene rings is 2. The van der Waals surface area contributed by atoms with Gasteiger partial charge >= 0.3 is 0 Å². The van der Waals surface area contributed by atoms with E-state index in [1.54, 1.807) is 0 Å². The van der Waals surface area contributed by atoms with E-state index in [2.05, 4.69) is 15.5 Å². The number of aryl methyl sites for hydroxylation is 2. The Hall–Kier alpha value is -2.93. The van der Waals surface area contributed by atoms with Gasteiger partial charge in [-0.05, 0) is 37.5 Å². The summed E-state index contributed by atoms with van der Waals surface area (Å²) in [7, 11) is 0. The first-order valence-corrected chi connectivity index (χ1v) is 10.4. The fraction of sp³-hybridized carbons (Fsp3) is 0.273. The number of carbonyl (C=O) groups excluding carboxylic acids is 2. The molecule has 3 rings (SSSR count). The number of amides is 1. The number of thioether (sulfide) groups is 1. The van der Waals surface area contributed by atoms with E-state index in [-0.39, 0.29) is 17.4 Å². The molecule has 0 atom stereocenters. The molecule has 0 saturated carbocycles. The Kier molecular flexibility index (Phi) is 7.19. The summed E-state index contributed by atoms with van der Waals surface area (Å²) in [6, 6.07) is 15.4. The molecule has 1 amide bonds. The molecule has 0 aliphatic carbocycles. The van der Waals surface area contributed by atoms with Gasteiger partial charge in [-0.25, -0.2) is 0 Å². The summed E-state index contributed by atoms with van der Waals surface area (Å²) in [4.78, 5) is 23.3. The van der Waals surface area contributed by atoms with Crippen molar-refractivity contribution >= 4 is 23.5 Å². The first-order valence-electron chi connectivity index (χ1n) is 9.41. The third-order valence-corrected chi connectivity index (χ3v) is 5.14. The van der Waals surface area contributed by atoms with Gasteiger partial charge in [-0.2, -0.15) is 0 Å². The maximum Gasteiger partial charge on any atom is 0.277 e. The SMILES string of the molecule is CC(=O)NCCCc1ccc(C(=O)CSc2nnc(-c3ccc(C)cc3)o2)cc1. The predicted octanol–water partition coefficient (Wildman–Crippen LogP) is 4.09. The average Bonchev–Trinajstić information content (AvgIpc) is 3.19. The standard InChI is InChI=1S/C22H23N3O3S/c1-15-5-9-19(10-6-15)21-24-25-22(28-21)29-14-20(27)18-11-7-17(8-12-18)4-3-13-23-16(2)26/h5-12H,3-4,13-14H2,1-2H3,(H,23,26). The largest absolute Gasteiger partial charge is 0.411 e. The van der Waals surface area contributed by atoms with E-state index in [1.165, 1.54) is 18.7 Å². The van der Waals surface area contributed by atoms with E-state index in [1.807, 2.05) is 55.5 Å². The molecule has 0 bridgehead atoms. The Morgan fingerprint density at radius 3 is 2.45 bits per heavy atom. The summed E-state index contributed by atoms with van der Waals surface area (Å²) in [5.74, 6) is 0.673. The Labute approximate surface area is 174 Å². The zero-order valence-corrected chi connectivity index (χ0v) is 17.3. The second kappa shape index (κ2) is 10.0. The highest BCUT2D eigenvalue weighted by Crippen LogP contribution is 2.24. The van der Waals surface area contributed by atoms with Crippen LogP contribution in [0.15, 0.2) is 58.2 Å². The topological polar surface area (TPSA) is 85.1 Å². The Bertz CT molecular complexity index is 966. The molecule has 1 aromatic heterocycles. The highest BCUT2D eigenvalue weighted by atomic mass is 32.2. The lowest BCUT2D eigenvalue weighted by atomic mass is 10.1. The van der Waals surface area contributed by atoms with Gasteiger partial charge in [0, 0.05) is 24.6 Å².